The Balaban J connectivity index is 0.00000529. The molecule has 1 heterocycles. The lowest BCUT2D eigenvalue weighted by molar-refractivity contribution is -0.127. The van der Waals surface area contributed by atoms with Crippen molar-refractivity contribution in [1.29, 1.82) is 0 Å². The van der Waals surface area contributed by atoms with Gasteiger partial charge in [0.15, 0.2) is 5.96 Å². The van der Waals surface area contributed by atoms with Crippen molar-refractivity contribution in [3.05, 3.63) is 0 Å². The summed E-state index contributed by atoms with van der Waals surface area (Å²) in [6.07, 6.45) is 1.70. The zero-order chi connectivity index (χ0) is 17.3. The number of nitrogens with one attached hydrogen (secondary N) is 2. The van der Waals surface area contributed by atoms with Gasteiger partial charge in [-0.15, -0.1) is 24.0 Å². The van der Waals surface area contributed by atoms with Gasteiger partial charge in [0.25, 0.3) is 0 Å². The van der Waals surface area contributed by atoms with Crippen molar-refractivity contribution in [3.8, 4) is 0 Å². The van der Waals surface area contributed by atoms with Crippen LogP contribution in [-0.4, -0.2) is 76.4 Å². The Morgan fingerprint density at radius 1 is 1.29 bits per heavy atom. The summed E-state index contributed by atoms with van der Waals surface area (Å²) in [5.41, 5.74) is -0.232. The normalized spacial score (nSPS) is 17.2. The predicted molar refractivity (Wildman–Crippen MR) is 107 cm³/mol. The molecule has 0 radical (unpaired) electrons. The minimum absolute atomic E-state index is 0. The highest BCUT2D eigenvalue weighted by Crippen LogP contribution is 2.23. The van der Waals surface area contributed by atoms with Gasteiger partial charge in [-0.05, 0) is 5.92 Å². The Labute approximate surface area is 162 Å². The molecular formula is C16H33IN4O3. The minimum Gasteiger partial charge on any atom is -0.381 e. The molecule has 0 aromatic rings. The molecule has 142 valence electrons. The van der Waals surface area contributed by atoms with Crippen LogP contribution in [0.1, 0.15) is 26.7 Å². The van der Waals surface area contributed by atoms with Crippen molar-refractivity contribution < 1.29 is 14.3 Å². The number of hydrogen-bond donors (Lipinski definition) is 2. The van der Waals surface area contributed by atoms with Gasteiger partial charge in [-0.25, -0.2) is 4.99 Å². The number of rotatable bonds is 7. The molecule has 0 unspecified atom stereocenters. The molecule has 2 N–H and O–H groups in total. The lowest BCUT2D eigenvalue weighted by Crippen LogP contribution is -2.51. The van der Waals surface area contributed by atoms with Crippen molar-refractivity contribution in [2.24, 2.45) is 10.9 Å². The van der Waals surface area contributed by atoms with Crippen LogP contribution in [0.5, 0.6) is 0 Å². The van der Waals surface area contributed by atoms with Gasteiger partial charge in [0.1, 0.15) is 6.54 Å². The fourth-order valence-corrected chi connectivity index (χ4v) is 2.20. The number of carbonyl (C=O) groups excluding carboxylic acids is 1. The van der Waals surface area contributed by atoms with Crippen molar-refractivity contribution in [2.45, 2.75) is 32.3 Å². The average Bonchev–Trinajstić information content (AvgIpc) is 2.54. The third kappa shape index (κ3) is 8.48. The lowest BCUT2D eigenvalue weighted by Gasteiger charge is -2.36. The van der Waals surface area contributed by atoms with Gasteiger partial charge in [0.2, 0.25) is 5.91 Å². The molecule has 7 nitrogen and oxygen atoms in total. The van der Waals surface area contributed by atoms with Gasteiger partial charge in [0.05, 0.1) is 5.60 Å². The summed E-state index contributed by atoms with van der Waals surface area (Å²) in [6, 6.07) is 0. The highest BCUT2D eigenvalue weighted by atomic mass is 127. The van der Waals surface area contributed by atoms with Crippen LogP contribution in [0, 0.1) is 5.92 Å². The maximum atomic E-state index is 11.7. The molecule has 1 saturated heterocycles. The maximum Gasteiger partial charge on any atom is 0.243 e. The van der Waals surface area contributed by atoms with Crippen LogP contribution in [-0.2, 0) is 14.3 Å². The molecule has 0 saturated carbocycles. The van der Waals surface area contributed by atoms with E-state index in [2.05, 4.69) is 29.5 Å². The molecule has 1 rings (SSSR count). The number of amides is 1. The quantitative estimate of drug-likeness (QED) is 0.341. The van der Waals surface area contributed by atoms with E-state index in [4.69, 9.17) is 9.47 Å². The molecule has 0 aromatic carbocycles. The summed E-state index contributed by atoms with van der Waals surface area (Å²) >= 11 is 0. The maximum absolute atomic E-state index is 11.7. The number of nitrogens with zero attached hydrogens (tertiary/aromatic N) is 2. The number of carbonyl (C=O) groups is 1. The molecule has 1 amide bonds. The highest BCUT2D eigenvalue weighted by Gasteiger charge is 2.32. The smallest absolute Gasteiger partial charge is 0.243 e. The van der Waals surface area contributed by atoms with Crippen molar-refractivity contribution in [1.82, 2.24) is 15.5 Å². The predicted octanol–water partition coefficient (Wildman–Crippen LogP) is 1.08. The van der Waals surface area contributed by atoms with E-state index in [1.807, 2.05) is 0 Å². The molecule has 0 aliphatic carbocycles. The molecule has 8 heteroatoms. The van der Waals surface area contributed by atoms with E-state index in [0.29, 0.717) is 31.6 Å². The number of halogens is 1. The third-order valence-corrected chi connectivity index (χ3v) is 3.96. The fourth-order valence-electron chi connectivity index (χ4n) is 2.20. The third-order valence-electron chi connectivity index (χ3n) is 3.96. The summed E-state index contributed by atoms with van der Waals surface area (Å²) in [7, 11) is 5.20. The van der Waals surface area contributed by atoms with Crippen molar-refractivity contribution in [2.75, 3.05) is 54.1 Å². The monoisotopic (exact) mass is 456 g/mol. The molecule has 1 fully saturated rings. The molecule has 1 aliphatic rings. The number of aliphatic imine (C=N–C) groups is 1. The first-order valence-electron chi connectivity index (χ1n) is 8.24. The lowest BCUT2D eigenvalue weighted by atomic mass is 9.94. The minimum atomic E-state index is -0.232. The highest BCUT2D eigenvalue weighted by molar-refractivity contribution is 14.0. The largest absolute Gasteiger partial charge is 0.381 e. The first kappa shape index (κ1) is 23.4. The van der Waals surface area contributed by atoms with E-state index in [-0.39, 0.29) is 42.0 Å². The first-order chi connectivity index (χ1) is 10.9. The Hall–Kier alpha value is -0.610. The molecule has 0 spiro atoms. The standard InChI is InChI=1S/C16H32N4O3.HI/c1-13(2)10-17-15(18-11-14(21)20(3)4)19-12-16(22-5)6-8-23-9-7-16;/h13H,6-12H2,1-5H3,(H2,17,18,19);1H. The van der Waals surface area contributed by atoms with Crippen LogP contribution in [0.4, 0.5) is 0 Å². The Morgan fingerprint density at radius 2 is 1.92 bits per heavy atom. The number of guanidine groups is 1. The van der Waals surface area contributed by atoms with Gasteiger partial charge >= 0.3 is 0 Å². The molecular weight excluding hydrogens is 423 g/mol. The SMILES string of the molecule is COC1(CNC(=NCC(=O)N(C)C)NCC(C)C)CCOCC1.I. The zero-order valence-corrected chi connectivity index (χ0v) is 17.9. The zero-order valence-electron chi connectivity index (χ0n) is 15.6. The van der Waals surface area contributed by atoms with E-state index in [0.717, 1.165) is 19.4 Å². The van der Waals surface area contributed by atoms with E-state index < -0.39 is 0 Å². The number of hydrogen-bond acceptors (Lipinski definition) is 4. The average molecular weight is 456 g/mol. The van der Waals surface area contributed by atoms with Crippen molar-refractivity contribution in [3.63, 3.8) is 0 Å². The Bertz CT molecular complexity index is 397. The van der Waals surface area contributed by atoms with Crippen LogP contribution >= 0.6 is 24.0 Å². The summed E-state index contributed by atoms with van der Waals surface area (Å²) in [5, 5.41) is 6.59. The number of ether oxygens (including phenoxy) is 2. The summed E-state index contributed by atoms with van der Waals surface area (Å²) in [4.78, 5) is 17.7. The van der Waals surface area contributed by atoms with E-state index in [1.165, 1.54) is 0 Å². The Morgan fingerprint density at radius 3 is 2.42 bits per heavy atom. The topological polar surface area (TPSA) is 75.2 Å². The number of methoxy groups -OCH3 is 1. The Kier molecular flexibility index (Phi) is 11.6. The van der Waals surface area contributed by atoms with Gasteiger partial charge in [-0.2, -0.15) is 0 Å². The van der Waals surface area contributed by atoms with E-state index >= 15 is 0 Å². The van der Waals surface area contributed by atoms with Crippen molar-refractivity contribution >= 4 is 35.8 Å². The van der Waals surface area contributed by atoms with Crippen LogP contribution in [0.3, 0.4) is 0 Å². The van der Waals surface area contributed by atoms with E-state index in [9.17, 15) is 4.79 Å². The van der Waals surface area contributed by atoms with Gasteiger partial charge in [0, 0.05) is 60.4 Å². The van der Waals surface area contributed by atoms with Gasteiger partial charge in [-0.1, -0.05) is 13.8 Å². The van der Waals surface area contributed by atoms with Crippen LogP contribution in [0.25, 0.3) is 0 Å². The summed E-state index contributed by atoms with van der Waals surface area (Å²) in [5.74, 6) is 1.12. The number of likely N-dealkylation sites (N-methyl/N-ethyl adjacent to an activating group) is 1. The molecule has 0 bridgehead atoms. The molecule has 1 aliphatic heterocycles. The van der Waals surface area contributed by atoms with Gasteiger partial charge < -0.3 is 25.0 Å². The second kappa shape index (κ2) is 11.9. The second-order valence-corrected chi connectivity index (χ2v) is 6.58. The fraction of sp³-hybridized carbons (Fsp3) is 0.875. The van der Waals surface area contributed by atoms with Crippen LogP contribution < -0.4 is 10.6 Å². The summed E-state index contributed by atoms with van der Waals surface area (Å²) in [6.45, 7) is 7.25. The molecule has 24 heavy (non-hydrogen) atoms. The summed E-state index contributed by atoms with van der Waals surface area (Å²) < 4.78 is 11.1. The molecule has 0 aromatic heterocycles. The van der Waals surface area contributed by atoms with E-state index in [1.54, 1.807) is 26.1 Å². The van der Waals surface area contributed by atoms with Crippen LogP contribution in [0.2, 0.25) is 0 Å². The van der Waals surface area contributed by atoms with Crippen LogP contribution in [0.15, 0.2) is 4.99 Å². The molecule has 0 atom stereocenters. The second-order valence-electron chi connectivity index (χ2n) is 6.58. The first-order valence-corrected chi connectivity index (χ1v) is 8.24. The van der Waals surface area contributed by atoms with Gasteiger partial charge in [-0.3, -0.25) is 4.79 Å².